The lowest BCUT2D eigenvalue weighted by molar-refractivity contribution is -0.144. The molecule has 9 heteroatoms. The highest BCUT2D eigenvalue weighted by Gasteiger charge is 2.47. The number of hydrogen-bond donors (Lipinski definition) is 1. The molecule has 2 aliphatic rings. The molecule has 0 saturated carbocycles. The number of carbonyl (C=O) groups excluding carboxylic acids is 4. The molecule has 1 heterocycles. The van der Waals surface area contributed by atoms with Gasteiger partial charge in [0.05, 0.1) is 11.8 Å². The van der Waals surface area contributed by atoms with Crippen LogP contribution in [-0.4, -0.2) is 52.6 Å². The number of imide groups is 1. The summed E-state index contributed by atoms with van der Waals surface area (Å²) in [7, 11) is 0. The molecule has 4 amide bonds. The van der Waals surface area contributed by atoms with Gasteiger partial charge < -0.3 is 10.2 Å². The van der Waals surface area contributed by atoms with Crippen molar-refractivity contribution in [1.29, 1.82) is 0 Å². The first-order valence-electron chi connectivity index (χ1n) is 11.3. The number of hydrogen-bond acceptors (Lipinski definition) is 4. The zero-order valence-electron chi connectivity index (χ0n) is 18.9. The molecule has 7 nitrogen and oxygen atoms in total. The largest absolute Gasteiger partial charge is 0.355 e. The van der Waals surface area contributed by atoms with E-state index in [1.807, 2.05) is 26.0 Å². The van der Waals surface area contributed by atoms with E-state index in [-0.39, 0.29) is 55.0 Å². The van der Waals surface area contributed by atoms with E-state index >= 15 is 0 Å². The Bertz CT molecular complexity index is 939. The molecule has 1 aliphatic heterocycles. The van der Waals surface area contributed by atoms with Gasteiger partial charge in [0.2, 0.25) is 23.6 Å². The van der Waals surface area contributed by atoms with Gasteiger partial charge in [0.15, 0.2) is 0 Å². The Labute approximate surface area is 204 Å². The van der Waals surface area contributed by atoms with Gasteiger partial charge in [-0.2, -0.15) is 0 Å². The quantitative estimate of drug-likeness (QED) is 0.420. The van der Waals surface area contributed by atoms with Crippen LogP contribution in [0.5, 0.6) is 0 Å². The van der Waals surface area contributed by atoms with Crippen molar-refractivity contribution in [2.45, 2.75) is 52.1 Å². The predicted octanol–water partition coefficient (Wildman–Crippen LogP) is 3.58. The lowest BCUT2D eigenvalue weighted by Crippen LogP contribution is -2.49. The first kappa shape index (κ1) is 25.2. The number of benzene rings is 1. The van der Waals surface area contributed by atoms with E-state index in [1.165, 1.54) is 9.80 Å². The van der Waals surface area contributed by atoms with Crippen LogP contribution in [0.25, 0.3) is 0 Å². The summed E-state index contributed by atoms with van der Waals surface area (Å²) in [4.78, 5) is 54.2. The third-order valence-electron chi connectivity index (χ3n) is 6.24. The third kappa shape index (κ3) is 5.58. The highest BCUT2D eigenvalue weighted by Crippen LogP contribution is 2.35. The molecule has 0 bridgehead atoms. The minimum Gasteiger partial charge on any atom is -0.355 e. The summed E-state index contributed by atoms with van der Waals surface area (Å²) in [5, 5.41) is 3.64. The van der Waals surface area contributed by atoms with E-state index in [0.29, 0.717) is 41.4 Å². The van der Waals surface area contributed by atoms with Crippen LogP contribution in [0.3, 0.4) is 0 Å². The van der Waals surface area contributed by atoms with Crippen molar-refractivity contribution in [2.24, 2.45) is 11.8 Å². The predicted molar refractivity (Wildman–Crippen MR) is 126 cm³/mol. The van der Waals surface area contributed by atoms with Crippen LogP contribution in [0.1, 0.15) is 45.1 Å². The van der Waals surface area contributed by atoms with E-state index in [9.17, 15) is 19.2 Å². The van der Waals surface area contributed by atoms with Gasteiger partial charge in [-0.25, -0.2) is 0 Å². The molecule has 0 spiro atoms. The smallest absolute Gasteiger partial charge is 0.242 e. The monoisotopic (exact) mass is 493 g/mol. The summed E-state index contributed by atoms with van der Waals surface area (Å²) in [5.74, 6) is -1.69. The molecular formula is C24H29Cl2N3O4. The second-order valence-corrected chi connectivity index (χ2v) is 9.15. The molecule has 33 heavy (non-hydrogen) atoms. The van der Waals surface area contributed by atoms with Crippen LogP contribution in [0, 0.1) is 11.8 Å². The van der Waals surface area contributed by atoms with Gasteiger partial charge in [-0.05, 0) is 43.9 Å². The minimum atomic E-state index is -0.707. The minimum absolute atomic E-state index is 0.000180. The Morgan fingerprint density at radius 2 is 1.76 bits per heavy atom. The van der Waals surface area contributed by atoms with Crippen LogP contribution < -0.4 is 5.32 Å². The summed E-state index contributed by atoms with van der Waals surface area (Å²) >= 11 is 12.3. The Balaban J connectivity index is 1.77. The van der Waals surface area contributed by atoms with Crippen molar-refractivity contribution in [2.75, 3.05) is 13.1 Å². The van der Waals surface area contributed by atoms with Gasteiger partial charge in [-0.3, -0.25) is 24.1 Å². The van der Waals surface area contributed by atoms with Gasteiger partial charge in [-0.15, -0.1) is 0 Å². The molecule has 0 radical (unpaired) electrons. The standard InChI is InChI=1S/C24H29Cl2N3O4/c1-3-20(22(31)27-4-2)29(14-15-9-10-16(25)13-19(15)26)21(30)11-12-28-23(32)17-7-5-6-8-18(17)24(28)33/h5-6,9-10,13,17-18,20H,3-4,7-8,11-12,14H2,1-2H3,(H,27,31)/t17-,18+,20?. The molecule has 1 N–H and O–H groups in total. The Morgan fingerprint density at radius 1 is 1.12 bits per heavy atom. The molecule has 3 atom stereocenters. The molecule has 1 aromatic carbocycles. The average molecular weight is 494 g/mol. The van der Waals surface area contributed by atoms with Crippen LogP contribution in [0.4, 0.5) is 0 Å². The third-order valence-corrected chi connectivity index (χ3v) is 6.83. The van der Waals surface area contributed by atoms with Crippen molar-refractivity contribution in [3.63, 3.8) is 0 Å². The van der Waals surface area contributed by atoms with E-state index < -0.39 is 6.04 Å². The zero-order chi connectivity index (χ0) is 24.1. The van der Waals surface area contributed by atoms with E-state index in [1.54, 1.807) is 18.2 Å². The molecular weight excluding hydrogens is 465 g/mol. The molecule has 1 saturated heterocycles. The summed E-state index contributed by atoms with van der Waals surface area (Å²) in [6.45, 7) is 4.19. The maximum Gasteiger partial charge on any atom is 0.242 e. The maximum absolute atomic E-state index is 13.3. The first-order chi connectivity index (χ1) is 15.8. The van der Waals surface area contributed by atoms with E-state index in [2.05, 4.69) is 5.32 Å². The second kappa shape index (κ2) is 11.2. The lowest BCUT2D eigenvalue weighted by atomic mass is 9.85. The lowest BCUT2D eigenvalue weighted by Gasteiger charge is -2.31. The zero-order valence-corrected chi connectivity index (χ0v) is 20.4. The van der Waals surface area contributed by atoms with Gasteiger partial charge >= 0.3 is 0 Å². The number of likely N-dealkylation sites (tertiary alicyclic amines) is 1. The topological polar surface area (TPSA) is 86.8 Å². The Kier molecular flexibility index (Phi) is 8.54. The van der Waals surface area contributed by atoms with Crippen molar-refractivity contribution in [3.8, 4) is 0 Å². The van der Waals surface area contributed by atoms with E-state index in [0.717, 1.165) is 0 Å². The fraction of sp³-hybridized carbons (Fsp3) is 0.500. The SMILES string of the molecule is CCNC(=O)C(CC)N(Cc1ccc(Cl)cc1Cl)C(=O)CCN1C(=O)[C@H]2CC=CC[C@H]2C1=O. The van der Waals surface area contributed by atoms with Crippen LogP contribution in [-0.2, 0) is 25.7 Å². The number of amides is 4. The molecule has 178 valence electrons. The van der Waals surface area contributed by atoms with Crippen LogP contribution >= 0.6 is 23.2 Å². The number of halogens is 2. The normalized spacial score (nSPS) is 20.5. The number of carbonyl (C=O) groups is 4. The van der Waals surface area contributed by atoms with Crippen molar-refractivity contribution in [1.82, 2.24) is 15.1 Å². The van der Waals surface area contributed by atoms with Gasteiger partial charge in [0.25, 0.3) is 0 Å². The molecule has 1 aromatic rings. The molecule has 0 aromatic heterocycles. The van der Waals surface area contributed by atoms with Gasteiger partial charge in [-0.1, -0.05) is 48.3 Å². The Hall–Kier alpha value is -2.38. The number of rotatable bonds is 9. The number of fused-ring (bicyclic) bond motifs is 1. The van der Waals surface area contributed by atoms with Crippen LogP contribution in [0.2, 0.25) is 10.0 Å². The molecule has 1 unspecified atom stereocenters. The summed E-state index contributed by atoms with van der Waals surface area (Å²) in [6.07, 6.45) is 5.30. The number of likely N-dealkylation sites (N-methyl/N-ethyl adjacent to an activating group) is 1. The van der Waals surface area contributed by atoms with Crippen LogP contribution in [0.15, 0.2) is 30.4 Å². The molecule has 1 aliphatic carbocycles. The fourth-order valence-electron chi connectivity index (χ4n) is 4.49. The number of nitrogens with zero attached hydrogens (tertiary/aromatic N) is 2. The first-order valence-corrected chi connectivity index (χ1v) is 12.0. The summed E-state index contributed by atoms with van der Waals surface area (Å²) < 4.78 is 0. The molecule has 1 fully saturated rings. The van der Waals surface area contributed by atoms with Crippen molar-refractivity contribution < 1.29 is 19.2 Å². The number of allylic oxidation sites excluding steroid dienone is 2. The highest BCUT2D eigenvalue weighted by atomic mass is 35.5. The van der Waals surface area contributed by atoms with Crippen molar-refractivity contribution in [3.05, 3.63) is 46.0 Å². The molecule has 3 rings (SSSR count). The van der Waals surface area contributed by atoms with Gasteiger partial charge in [0.1, 0.15) is 6.04 Å². The highest BCUT2D eigenvalue weighted by molar-refractivity contribution is 6.35. The second-order valence-electron chi connectivity index (χ2n) is 8.31. The number of nitrogens with one attached hydrogen (secondary N) is 1. The average Bonchev–Trinajstić information content (AvgIpc) is 3.03. The fourth-order valence-corrected chi connectivity index (χ4v) is 4.95. The van der Waals surface area contributed by atoms with E-state index in [4.69, 9.17) is 23.2 Å². The van der Waals surface area contributed by atoms with Crippen molar-refractivity contribution >= 4 is 46.8 Å². The van der Waals surface area contributed by atoms with Gasteiger partial charge in [0, 0.05) is 36.1 Å². The maximum atomic E-state index is 13.3. The summed E-state index contributed by atoms with van der Waals surface area (Å²) in [6, 6.07) is 4.28. The summed E-state index contributed by atoms with van der Waals surface area (Å²) in [5.41, 5.74) is 0.655. The Morgan fingerprint density at radius 3 is 2.30 bits per heavy atom.